The highest BCUT2D eigenvalue weighted by molar-refractivity contribution is 5.55. The Bertz CT molecular complexity index is 752. The molecule has 1 N–H and O–H groups in total. The Kier molecular flexibility index (Phi) is 2.26. The molecule has 0 radical (unpaired) electrons. The Hall–Kier alpha value is -2.44. The number of aromatic amines is 1. The number of pyridine rings is 1. The maximum atomic E-state index is 11.5. The highest BCUT2D eigenvalue weighted by Crippen LogP contribution is 2.19. The van der Waals surface area contributed by atoms with Gasteiger partial charge in [-0.1, -0.05) is 19.0 Å². The molecule has 0 aliphatic carbocycles. The Balaban J connectivity index is 2.12. The minimum atomic E-state index is -0.296. The van der Waals surface area contributed by atoms with Gasteiger partial charge in [-0.15, -0.1) is 0 Å². The van der Waals surface area contributed by atoms with Crippen molar-refractivity contribution < 1.29 is 4.52 Å². The van der Waals surface area contributed by atoms with Crippen LogP contribution in [0.25, 0.3) is 17.1 Å². The van der Waals surface area contributed by atoms with Crippen molar-refractivity contribution >= 4 is 5.65 Å². The largest absolute Gasteiger partial charge is 0.347 e. The van der Waals surface area contributed by atoms with E-state index in [1.165, 1.54) is 4.40 Å². The van der Waals surface area contributed by atoms with Crippen molar-refractivity contribution in [3.63, 3.8) is 0 Å². The third-order valence-corrected chi connectivity index (χ3v) is 2.62. The van der Waals surface area contributed by atoms with E-state index in [4.69, 9.17) is 4.52 Å². The fraction of sp³-hybridized carbons (Fsp3) is 0.273. The summed E-state index contributed by atoms with van der Waals surface area (Å²) in [6, 6.07) is 3.50. The summed E-state index contributed by atoms with van der Waals surface area (Å²) in [4.78, 5) is 15.7. The molecule has 0 spiro atoms. The van der Waals surface area contributed by atoms with Crippen LogP contribution in [0.3, 0.4) is 0 Å². The number of aromatic nitrogens is 5. The summed E-state index contributed by atoms with van der Waals surface area (Å²) in [5, 5.41) is 10.1. The molecule has 0 atom stereocenters. The van der Waals surface area contributed by atoms with Crippen molar-refractivity contribution in [1.29, 1.82) is 0 Å². The lowest BCUT2D eigenvalue weighted by Crippen LogP contribution is -2.08. The Labute approximate surface area is 101 Å². The molecule has 7 heteroatoms. The molecule has 0 saturated carbocycles. The van der Waals surface area contributed by atoms with E-state index in [2.05, 4.69) is 20.3 Å². The van der Waals surface area contributed by atoms with Gasteiger partial charge in [0.1, 0.15) is 0 Å². The second kappa shape index (κ2) is 3.80. The van der Waals surface area contributed by atoms with Crippen molar-refractivity contribution in [3.05, 3.63) is 34.6 Å². The van der Waals surface area contributed by atoms with Crippen molar-refractivity contribution in [1.82, 2.24) is 24.7 Å². The van der Waals surface area contributed by atoms with Crippen molar-refractivity contribution in [3.8, 4) is 11.5 Å². The fourth-order valence-corrected chi connectivity index (χ4v) is 1.62. The van der Waals surface area contributed by atoms with Crippen LogP contribution < -0.4 is 5.69 Å². The van der Waals surface area contributed by atoms with Gasteiger partial charge in [0.05, 0.1) is 5.56 Å². The van der Waals surface area contributed by atoms with Crippen LogP contribution in [0.5, 0.6) is 0 Å². The van der Waals surface area contributed by atoms with Gasteiger partial charge in [0.25, 0.3) is 5.89 Å². The van der Waals surface area contributed by atoms with Gasteiger partial charge >= 0.3 is 5.69 Å². The van der Waals surface area contributed by atoms with Crippen LogP contribution in [0.15, 0.2) is 27.6 Å². The van der Waals surface area contributed by atoms with Crippen molar-refractivity contribution in [2.24, 2.45) is 0 Å². The number of hydrogen-bond acceptors (Lipinski definition) is 5. The molecule has 0 aliphatic rings. The number of H-pyrrole nitrogens is 1. The first-order valence-corrected chi connectivity index (χ1v) is 5.56. The summed E-state index contributed by atoms with van der Waals surface area (Å²) in [7, 11) is 0. The van der Waals surface area contributed by atoms with Gasteiger partial charge < -0.3 is 4.52 Å². The van der Waals surface area contributed by atoms with Crippen LogP contribution in [0, 0.1) is 0 Å². The normalized spacial score (nSPS) is 11.5. The summed E-state index contributed by atoms with van der Waals surface area (Å²) in [6.07, 6.45) is 1.62. The first kappa shape index (κ1) is 10.7. The van der Waals surface area contributed by atoms with Crippen LogP contribution in [-0.2, 0) is 0 Å². The molecule has 3 heterocycles. The van der Waals surface area contributed by atoms with Gasteiger partial charge in [-0.25, -0.2) is 14.3 Å². The van der Waals surface area contributed by atoms with E-state index in [0.29, 0.717) is 22.9 Å². The zero-order chi connectivity index (χ0) is 12.7. The van der Waals surface area contributed by atoms with Crippen molar-refractivity contribution in [2.45, 2.75) is 19.8 Å². The van der Waals surface area contributed by atoms with E-state index in [9.17, 15) is 4.79 Å². The summed E-state index contributed by atoms with van der Waals surface area (Å²) in [6.45, 7) is 3.97. The molecule has 3 rings (SSSR count). The Morgan fingerprint density at radius 1 is 1.39 bits per heavy atom. The highest BCUT2D eigenvalue weighted by Gasteiger charge is 2.12. The predicted molar refractivity (Wildman–Crippen MR) is 63.2 cm³/mol. The van der Waals surface area contributed by atoms with Crippen LogP contribution >= 0.6 is 0 Å². The fourth-order valence-electron chi connectivity index (χ4n) is 1.62. The van der Waals surface area contributed by atoms with Gasteiger partial charge in [0.15, 0.2) is 11.5 Å². The maximum Gasteiger partial charge on any atom is 0.347 e. The molecule has 0 amide bonds. The average Bonchev–Trinajstić information content (AvgIpc) is 2.96. The smallest absolute Gasteiger partial charge is 0.334 e. The van der Waals surface area contributed by atoms with Gasteiger partial charge in [0, 0.05) is 12.1 Å². The first-order chi connectivity index (χ1) is 8.65. The molecule has 0 fully saturated rings. The van der Waals surface area contributed by atoms with Crippen LogP contribution in [0.4, 0.5) is 0 Å². The van der Waals surface area contributed by atoms with Crippen LogP contribution in [0.1, 0.15) is 25.6 Å². The second-order valence-corrected chi connectivity index (χ2v) is 4.29. The monoisotopic (exact) mass is 245 g/mol. The zero-order valence-corrected chi connectivity index (χ0v) is 9.91. The topological polar surface area (TPSA) is 89.1 Å². The molecule has 3 aromatic heterocycles. The van der Waals surface area contributed by atoms with Crippen molar-refractivity contribution in [2.75, 3.05) is 0 Å². The van der Waals surface area contributed by atoms with E-state index < -0.39 is 0 Å². The summed E-state index contributed by atoms with van der Waals surface area (Å²) in [5.41, 5.74) is 0.938. The quantitative estimate of drug-likeness (QED) is 0.732. The number of rotatable bonds is 2. The highest BCUT2D eigenvalue weighted by atomic mass is 16.5. The maximum absolute atomic E-state index is 11.5. The molecular weight excluding hydrogens is 234 g/mol. The first-order valence-electron chi connectivity index (χ1n) is 5.56. The van der Waals surface area contributed by atoms with Gasteiger partial charge in [-0.05, 0) is 12.1 Å². The Morgan fingerprint density at radius 2 is 2.22 bits per heavy atom. The minimum Gasteiger partial charge on any atom is -0.334 e. The second-order valence-electron chi connectivity index (χ2n) is 4.29. The third kappa shape index (κ3) is 1.60. The van der Waals surface area contributed by atoms with Gasteiger partial charge in [-0.2, -0.15) is 10.1 Å². The standard InChI is InChI=1S/C11H11N5O2/c1-6(2)9-12-10(18-15-9)7-3-4-8-13-14-11(17)16(8)5-7/h3-6H,1-2H3,(H,14,17). The van der Waals surface area contributed by atoms with Gasteiger partial charge in [-0.3, -0.25) is 0 Å². The number of nitrogens with one attached hydrogen (secondary N) is 1. The summed E-state index contributed by atoms with van der Waals surface area (Å²) >= 11 is 0. The third-order valence-electron chi connectivity index (χ3n) is 2.62. The van der Waals surface area contributed by atoms with E-state index >= 15 is 0 Å². The molecule has 7 nitrogen and oxygen atoms in total. The molecule has 0 aromatic carbocycles. The number of nitrogens with zero attached hydrogens (tertiary/aromatic N) is 4. The molecule has 0 bridgehead atoms. The average molecular weight is 245 g/mol. The van der Waals surface area contributed by atoms with E-state index in [0.717, 1.165) is 0 Å². The predicted octanol–water partition coefficient (Wildman–Crippen LogP) is 1.20. The molecule has 18 heavy (non-hydrogen) atoms. The molecule has 0 unspecified atom stereocenters. The molecule has 92 valence electrons. The SMILES string of the molecule is CC(C)c1noc(-c2ccc3n[nH]c(=O)n3c2)n1. The van der Waals surface area contributed by atoms with Crippen LogP contribution in [0.2, 0.25) is 0 Å². The van der Waals surface area contributed by atoms with Gasteiger partial charge in [0.2, 0.25) is 0 Å². The molecular formula is C11H11N5O2. The summed E-state index contributed by atoms with van der Waals surface area (Å²) < 4.78 is 6.57. The number of hydrogen-bond donors (Lipinski definition) is 1. The number of fused-ring (bicyclic) bond motifs is 1. The summed E-state index contributed by atoms with van der Waals surface area (Å²) in [5.74, 6) is 1.24. The molecule has 3 aromatic rings. The van der Waals surface area contributed by atoms with E-state index in [1.54, 1.807) is 18.3 Å². The lowest BCUT2D eigenvalue weighted by molar-refractivity contribution is 0.419. The van der Waals surface area contributed by atoms with Crippen LogP contribution in [-0.4, -0.2) is 24.7 Å². The Morgan fingerprint density at radius 3 is 2.94 bits per heavy atom. The minimum absolute atomic E-state index is 0.197. The zero-order valence-electron chi connectivity index (χ0n) is 9.91. The van der Waals surface area contributed by atoms with E-state index in [-0.39, 0.29) is 11.6 Å². The lowest BCUT2D eigenvalue weighted by atomic mass is 10.2. The molecule has 0 aliphatic heterocycles. The lowest BCUT2D eigenvalue weighted by Gasteiger charge is -1.95. The molecule has 0 saturated heterocycles. The van der Waals surface area contributed by atoms with E-state index in [1.807, 2.05) is 13.8 Å².